The zero-order valence-corrected chi connectivity index (χ0v) is 13.9. The number of rotatable bonds is 7. The molecule has 0 aliphatic carbocycles. The average Bonchev–Trinajstić information content (AvgIpc) is 3.06. The molecule has 0 atom stereocenters. The molecule has 0 aliphatic heterocycles. The minimum Gasteiger partial charge on any atom is -0.494 e. The molecule has 0 saturated heterocycles. The first-order valence-electron chi connectivity index (χ1n) is 7.78. The Morgan fingerprint density at radius 1 is 1.12 bits per heavy atom. The first-order valence-corrected chi connectivity index (χ1v) is 8.59. The molecule has 0 aliphatic rings. The SMILES string of the molecule is O=C(CCCCOc1ccc(-c2nc3ccccc3s2)cc1)NO. The second-order valence-corrected chi connectivity index (χ2v) is 6.38. The Labute approximate surface area is 143 Å². The Morgan fingerprint density at radius 2 is 1.92 bits per heavy atom. The van der Waals surface area contributed by atoms with Crippen LogP contribution in [-0.4, -0.2) is 22.7 Å². The number of carbonyl (C=O) groups excluding carboxylic acids is 1. The molecular weight excluding hydrogens is 324 g/mol. The van der Waals surface area contributed by atoms with Crippen molar-refractivity contribution in [2.45, 2.75) is 19.3 Å². The van der Waals surface area contributed by atoms with Crippen LogP contribution in [0.5, 0.6) is 5.75 Å². The van der Waals surface area contributed by atoms with E-state index in [0.717, 1.165) is 28.3 Å². The Kier molecular flexibility index (Phi) is 5.40. The molecular formula is C18H18N2O3S. The van der Waals surface area contributed by atoms with Crippen LogP contribution in [-0.2, 0) is 4.79 Å². The highest BCUT2D eigenvalue weighted by molar-refractivity contribution is 7.21. The molecule has 2 aromatic carbocycles. The maximum absolute atomic E-state index is 10.9. The van der Waals surface area contributed by atoms with Gasteiger partial charge >= 0.3 is 0 Å². The predicted molar refractivity (Wildman–Crippen MR) is 94.3 cm³/mol. The van der Waals surface area contributed by atoms with E-state index in [-0.39, 0.29) is 5.91 Å². The highest BCUT2D eigenvalue weighted by Crippen LogP contribution is 2.30. The van der Waals surface area contributed by atoms with E-state index in [4.69, 9.17) is 9.94 Å². The number of benzene rings is 2. The highest BCUT2D eigenvalue weighted by atomic mass is 32.1. The molecule has 1 aromatic heterocycles. The number of unbranched alkanes of at least 4 members (excludes halogenated alkanes) is 1. The van der Waals surface area contributed by atoms with Crippen LogP contribution in [0.4, 0.5) is 0 Å². The van der Waals surface area contributed by atoms with Gasteiger partial charge in [0.25, 0.3) is 0 Å². The van der Waals surface area contributed by atoms with Gasteiger partial charge in [-0.05, 0) is 49.2 Å². The topological polar surface area (TPSA) is 71.5 Å². The summed E-state index contributed by atoms with van der Waals surface area (Å²) in [6.07, 6.45) is 1.74. The van der Waals surface area contributed by atoms with E-state index in [1.54, 1.807) is 16.8 Å². The number of thiazole rings is 1. The molecule has 5 nitrogen and oxygen atoms in total. The minimum absolute atomic E-state index is 0.302. The van der Waals surface area contributed by atoms with Crippen LogP contribution in [0.1, 0.15) is 19.3 Å². The number of amides is 1. The van der Waals surface area contributed by atoms with Gasteiger partial charge in [-0.25, -0.2) is 10.5 Å². The molecule has 124 valence electrons. The molecule has 0 radical (unpaired) electrons. The van der Waals surface area contributed by atoms with E-state index >= 15 is 0 Å². The van der Waals surface area contributed by atoms with Crippen LogP contribution >= 0.6 is 11.3 Å². The van der Waals surface area contributed by atoms with Crippen LogP contribution in [0.2, 0.25) is 0 Å². The molecule has 6 heteroatoms. The molecule has 0 fully saturated rings. The smallest absolute Gasteiger partial charge is 0.243 e. The second kappa shape index (κ2) is 7.90. The van der Waals surface area contributed by atoms with Crippen molar-refractivity contribution < 1.29 is 14.7 Å². The van der Waals surface area contributed by atoms with E-state index < -0.39 is 0 Å². The number of nitrogens with zero attached hydrogens (tertiary/aromatic N) is 1. The number of fused-ring (bicyclic) bond motifs is 1. The van der Waals surface area contributed by atoms with E-state index in [1.807, 2.05) is 42.5 Å². The normalized spacial score (nSPS) is 10.7. The molecule has 24 heavy (non-hydrogen) atoms. The predicted octanol–water partition coefficient (Wildman–Crippen LogP) is 4.02. The number of hydrogen-bond acceptors (Lipinski definition) is 5. The molecule has 1 heterocycles. The van der Waals surface area contributed by atoms with Crippen molar-refractivity contribution in [2.24, 2.45) is 0 Å². The number of carbonyl (C=O) groups is 1. The fraction of sp³-hybridized carbons (Fsp3) is 0.222. The van der Waals surface area contributed by atoms with Crippen LogP contribution in [0.3, 0.4) is 0 Å². The lowest BCUT2D eigenvalue weighted by Crippen LogP contribution is -2.18. The monoisotopic (exact) mass is 342 g/mol. The summed E-state index contributed by atoms with van der Waals surface area (Å²) in [6.45, 7) is 0.541. The largest absolute Gasteiger partial charge is 0.494 e. The van der Waals surface area contributed by atoms with Crippen molar-refractivity contribution in [1.29, 1.82) is 0 Å². The van der Waals surface area contributed by atoms with Gasteiger partial charge < -0.3 is 4.74 Å². The van der Waals surface area contributed by atoms with E-state index in [9.17, 15) is 4.79 Å². The van der Waals surface area contributed by atoms with E-state index in [2.05, 4.69) is 11.1 Å². The van der Waals surface area contributed by atoms with Gasteiger partial charge in [0, 0.05) is 12.0 Å². The van der Waals surface area contributed by atoms with Crippen LogP contribution in [0.25, 0.3) is 20.8 Å². The Balaban J connectivity index is 1.54. The van der Waals surface area contributed by atoms with Crippen molar-refractivity contribution in [1.82, 2.24) is 10.5 Å². The van der Waals surface area contributed by atoms with Gasteiger partial charge in [0.15, 0.2) is 0 Å². The van der Waals surface area contributed by atoms with Gasteiger partial charge in [0.1, 0.15) is 10.8 Å². The molecule has 3 rings (SSSR count). The van der Waals surface area contributed by atoms with Gasteiger partial charge in [0.05, 0.1) is 16.8 Å². The summed E-state index contributed by atoms with van der Waals surface area (Å²) in [7, 11) is 0. The summed E-state index contributed by atoms with van der Waals surface area (Å²) in [5.74, 6) is 0.432. The zero-order valence-electron chi connectivity index (χ0n) is 13.1. The molecule has 0 spiro atoms. The molecule has 0 bridgehead atoms. The van der Waals surface area contributed by atoms with Crippen molar-refractivity contribution in [2.75, 3.05) is 6.61 Å². The van der Waals surface area contributed by atoms with Crippen molar-refractivity contribution in [3.05, 3.63) is 48.5 Å². The maximum Gasteiger partial charge on any atom is 0.243 e. The van der Waals surface area contributed by atoms with Crippen molar-refractivity contribution >= 4 is 27.5 Å². The first kappa shape index (κ1) is 16.4. The zero-order chi connectivity index (χ0) is 16.8. The summed E-state index contributed by atoms with van der Waals surface area (Å²) in [5, 5.41) is 9.40. The highest BCUT2D eigenvalue weighted by Gasteiger charge is 2.06. The summed E-state index contributed by atoms with van der Waals surface area (Å²) in [6, 6.07) is 16.0. The average molecular weight is 342 g/mol. The van der Waals surface area contributed by atoms with Gasteiger partial charge in [-0.15, -0.1) is 11.3 Å². The summed E-state index contributed by atoms with van der Waals surface area (Å²) < 4.78 is 6.84. The van der Waals surface area contributed by atoms with Gasteiger partial charge in [-0.1, -0.05) is 12.1 Å². The van der Waals surface area contributed by atoms with E-state index in [1.165, 1.54) is 4.70 Å². The number of nitrogens with one attached hydrogen (secondary N) is 1. The lowest BCUT2D eigenvalue weighted by Gasteiger charge is -2.06. The van der Waals surface area contributed by atoms with Crippen LogP contribution in [0, 0.1) is 0 Å². The van der Waals surface area contributed by atoms with Gasteiger partial charge in [-0.2, -0.15) is 0 Å². The Morgan fingerprint density at radius 3 is 2.67 bits per heavy atom. The molecule has 0 saturated carbocycles. The lowest BCUT2D eigenvalue weighted by molar-refractivity contribution is -0.129. The lowest BCUT2D eigenvalue weighted by atomic mass is 10.2. The second-order valence-electron chi connectivity index (χ2n) is 5.35. The van der Waals surface area contributed by atoms with Crippen LogP contribution in [0.15, 0.2) is 48.5 Å². The minimum atomic E-state index is -0.366. The summed E-state index contributed by atoms with van der Waals surface area (Å²) in [4.78, 5) is 15.5. The fourth-order valence-corrected chi connectivity index (χ4v) is 3.29. The summed E-state index contributed by atoms with van der Waals surface area (Å²) >= 11 is 1.68. The van der Waals surface area contributed by atoms with Gasteiger partial charge in [0.2, 0.25) is 5.91 Å². The fourth-order valence-electron chi connectivity index (χ4n) is 2.32. The quantitative estimate of drug-likeness (QED) is 0.386. The Hall–Kier alpha value is -2.44. The van der Waals surface area contributed by atoms with Crippen molar-refractivity contribution in [3.8, 4) is 16.3 Å². The molecule has 3 aromatic rings. The molecule has 0 unspecified atom stereocenters. The third-order valence-corrected chi connectivity index (χ3v) is 4.67. The Bertz CT molecular complexity index is 782. The van der Waals surface area contributed by atoms with E-state index in [0.29, 0.717) is 19.4 Å². The maximum atomic E-state index is 10.9. The molecule has 1 amide bonds. The third-order valence-electron chi connectivity index (χ3n) is 3.59. The first-order chi connectivity index (χ1) is 11.8. The third kappa shape index (κ3) is 4.10. The number of hydroxylamine groups is 1. The summed E-state index contributed by atoms with van der Waals surface area (Å²) in [5.41, 5.74) is 3.71. The standard InChI is InChI=1S/C18H18N2O3S/c21-17(20-22)7-3-4-12-23-14-10-8-13(9-11-14)18-19-15-5-1-2-6-16(15)24-18/h1-2,5-6,8-11,22H,3-4,7,12H2,(H,20,21). The van der Waals surface area contributed by atoms with Gasteiger partial charge in [-0.3, -0.25) is 10.0 Å². The van der Waals surface area contributed by atoms with Crippen LogP contribution < -0.4 is 10.2 Å². The number of para-hydroxylation sites is 1. The number of ether oxygens (including phenoxy) is 1. The number of hydrogen-bond donors (Lipinski definition) is 2. The molecule has 2 N–H and O–H groups in total. The van der Waals surface area contributed by atoms with Crippen molar-refractivity contribution in [3.63, 3.8) is 0 Å². The number of aromatic nitrogens is 1.